The van der Waals surface area contributed by atoms with Crippen molar-refractivity contribution >= 4 is 44.6 Å². The fourth-order valence-corrected chi connectivity index (χ4v) is 10.4. The largest absolute Gasteiger partial charge is 0.509 e. The third kappa shape index (κ3) is 9.26. The maximum atomic E-state index is 6.85. The van der Waals surface area contributed by atoms with E-state index in [0.29, 0.717) is 11.5 Å². The second kappa shape index (κ2) is 19.3. The van der Waals surface area contributed by atoms with E-state index in [9.17, 15) is 0 Å². The maximum absolute atomic E-state index is 6.85. The minimum Gasteiger partial charge on any atom is -0.509 e. The van der Waals surface area contributed by atoms with Gasteiger partial charge in [0.15, 0.2) is 0 Å². The zero-order valence-corrected chi connectivity index (χ0v) is 46.3. The molecule has 0 saturated heterocycles. The van der Waals surface area contributed by atoms with Gasteiger partial charge in [-0.25, -0.2) is 4.98 Å². The Morgan fingerprint density at radius 3 is 1.70 bits per heavy atom. The smallest absolute Gasteiger partial charge is 0.135 e. The Kier molecular flexibility index (Phi) is 13.1. The molecule has 0 atom stereocenters. The number of hydrogen-bond donors (Lipinski definition) is 0. The van der Waals surface area contributed by atoms with E-state index in [4.69, 9.17) is 9.72 Å². The van der Waals surface area contributed by atoms with Crippen molar-refractivity contribution in [2.75, 3.05) is 9.80 Å². The average Bonchev–Trinajstić information content (AvgIpc) is 3.95. The van der Waals surface area contributed by atoms with Crippen molar-refractivity contribution in [3.05, 3.63) is 246 Å². The first kappa shape index (κ1) is 50.3. The molecule has 0 fully saturated rings. The van der Waals surface area contributed by atoms with E-state index in [1.807, 2.05) is 24.4 Å². The number of hydrogen-bond acceptors (Lipinski definition) is 4. The molecule has 0 bridgehead atoms. The predicted octanol–water partition coefficient (Wildman–Crippen LogP) is 17.9. The quantitative estimate of drug-likeness (QED) is 0.128. The molecule has 0 amide bonds. The summed E-state index contributed by atoms with van der Waals surface area (Å²) in [6.07, 6.45) is 1.93. The van der Waals surface area contributed by atoms with E-state index >= 15 is 0 Å². The summed E-state index contributed by atoms with van der Waals surface area (Å²) in [5.41, 5.74) is 15.3. The molecule has 8 aromatic carbocycles. The molecule has 0 saturated carbocycles. The molecule has 0 spiro atoms. The van der Waals surface area contributed by atoms with E-state index in [1.165, 1.54) is 33.4 Å². The number of anilines is 4. The number of fused-ring (bicyclic) bond motifs is 4. The molecule has 6 heteroatoms. The van der Waals surface area contributed by atoms with Crippen molar-refractivity contribution in [2.45, 2.75) is 90.9 Å². The van der Waals surface area contributed by atoms with Crippen LogP contribution in [0.2, 0.25) is 0 Å². The van der Waals surface area contributed by atoms with Crippen molar-refractivity contribution in [1.29, 1.82) is 0 Å². The van der Waals surface area contributed by atoms with Gasteiger partial charge < -0.3 is 19.1 Å². The van der Waals surface area contributed by atoms with Gasteiger partial charge in [0.25, 0.3) is 0 Å². The number of benzene rings is 8. The van der Waals surface area contributed by atoms with Gasteiger partial charge in [-0.05, 0) is 91.6 Å². The molecule has 10 aromatic rings. The number of ether oxygens (including phenoxy) is 1. The molecule has 2 aromatic heterocycles. The molecule has 0 radical (unpaired) electrons. The number of para-hydroxylation sites is 1. The van der Waals surface area contributed by atoms with Crippen LogP contribution in [0, 0.1) is 18.8 Å². The van der Waals surface area contributed by atoms with Crippen LogP contribution in [0.3, 0.4) is 0 Å². The molecule has 374 valence electrons. The Hall–Kier alpha value is -7.20. The summed E-state index contributed by atoms with van der Waals surface area (Å²) in [4.78, 5) is 9.67. The van der Waals surface area contributed by atoms with Gasteiger partial charge >= 0.3 is 0 Å². The molecule has 0 unspecified atom stereocenters. The van der Waals surface area contributed by atoms with Crippen LogP contribution in [0.4, 0.5) is 22.7 Å². The van der Waals surface area contributed by atoms with Crippen molar-refractivity contribution in [2.24, 2.45) is 0 Å². The Labute approximate surface area is 452 Å². The van der Waals surface area contributed by atoms with Crippen LogP contribution in [0.15, 0.2) is 194 Å². The number of aromatic nitrogens is 2. The van der Waals surface area contributed by atoms with Crippen molar-refractivity contribution < 1.29 is 25.8 Å². The zero-order chi connectivity index (χ0) is 50.9. The van der Waals surface area contributed by atoms with E-state index in [1.54, 1.807) is 0 Å². The van der Waals surface area contributed by atoms with Gasteiger partial charge in [0.2, 0.25) is 0 Å². The molecular formula is C68H63N4OPt-3. The summed E-state index contributed by atoms with van der Waals surface area (Å²) in [6, 6.07) is 74.8. The number of pyridine rings is 1. The Morgan fingerprint density at radius 1 is 0.473 bits per heavy atom. The van der Waals surface area contributed by atoms with Crippen LogP contribution in [0.25, 0.3) is 38.8 Å². The molecule has 3 heterocycles. The van der Waals surface area contributed by atoms with Gasteiger partial charge in [0.05, 0.1) is 0 Å². The van der Waals surface area contributed by atoms with Gasteiger partial charge in [-0.2, -0.15) is 12.1 Å². The summed E-state index contributed by atoms with van der Waals surface area (Å²) in [7, 11) is 0. The van der Waals surface area contributed by atoms with Gasteiger partial charge in [0, 0.05) is 77.7 Å². The Balaban J connectivity index is 0.00000626. The summed E-state index contributed by atoms with van der Waals surface area (Å²) in [5.74, 6) is 2.00. The zero-order valence-electron chi connectivity index (χ0n) is 44.1. The van der Waals surface area contributed by atoms with Gasteiger partial charge in [-0.15, -0.1) is 48.1 Å². The molecule has 1 aliphatic rings. The first-order valence-electron chi connectivity index (χ1n) is 25.5. The second-order valence-corrected chi connectivity index (χ2v) is 22.7. The molecule has 74 heavy (non-hydrogen) atoms. The SMILES string of the molecule is CC(C)(C)c1cc(N2[CH-]N(c3[c-]c(Oc4[c-]c5c(cc4)c4cc(C(C)(C)c6ccccc6)ccc4n5-c4cc(C(C)(C)c5ccccc5)ccn4)ccc3)c3cccc(-c4ccccc4)c32)cc(C(C)(C)C)c1.[Pt]. The average molecular weight is 1150 g/mol. The number of nitrogens with zero attached hydrogens (tertiary/aromatic N) is 4. The van der Waals surface area contributed by atoms with E-state index in [2.05, 4.69) is 272 Å². The standard InChI is InChI=1S/C68H63N4O.Pt/c1-65(2,3)51-38-52(66(4,5)6)40-54(39-51)71-45-70(61-31-21-30-57(64(61)71)46-22-14-11-15-23-46)53-28-20-29-55(43-53)73-56-33-34-58-59-41-49(67(7,8)47-24-16-12-17-25-47)32-35-60(59)72(62(58)44-56)63-42-50(36-37-69-63)68(9,10)48-26-18-13-19-27-48;/h11-42,45H,1-10H3;/q-3;. The van der Waals surface area contributed by atoms with Crippen LogP contribution in [-0.4, -0.2) is 9.55 Å². The third-order valence-corrected chi connectivity index (χ3v) is 15.0. The molecular weight excluding hydrogens is 1080 g/mol. The van der Waals surface area contributed by atoms with Gasteiger partial charge in [0.1, 0.15) is 5.82 Å². The molecule has 0 N–H and O–H groups in total. The predicted molar refractivity (Wildman–Crippen MR) is 304 cm³/mol. The summed E-state index contributed by atoms with van der Waals surface area (Å²) in [6.45, 7) is 25.1. The van der Waals surface area contributed by atoms with Crippen molar-refractivity contribution in [3.8, 4) is 28.4 Å². The number of rotatable bonds is 10. The van der Waals surface area contributed by atoms with E-state index in [-0.39, 0.29) is 42.7 Å². The minimum atomic E-state index is -0.261. The van der Waals surface area contributed by atoms with Crippen LogP contribution in [0.5, 0.6) is 11.5 Å². The molecule has 1 aliphatic heterocycles. The molecule has 0 aliphatic carbocycles. The van der Waals surface area contributed by atoms with Crippen molar-refractivity contribution in [1.82, 2.24) is 9.55 Å². The Morgan fingerprint density at radius 2 is 1.07 bits per heavy atom. The van der Waals surface area contributed by atoms with E-state index in [0.717, 1.165) is 61.5 Å². The topological polar surface area (TPSA) is 33.5 Å². The van der Waals surface area contributed by atoms with Crippen molar-refractivity contribution in [3.63, 3.8) is 0 Å². The molecule has 5 nitrogen and oxygen atoms in total. The normalized spacial score (nSPS) is 13.1. The summed E-state index contributed by atoms with van der Waals surface area (Å²) < 4.78 is 9.09. The first-order chi connectivity index (χ1) is 34.9. The fourth-order valence-electron chi connectivity index (χ4n) is 10.4. The van der Waals surface area contributed by atoms with E-state index < -0.39 is 0 Å². The third-order valence-electron chi connectivity index (χ3n) is 15.0. The summed E-state index contributed by atoms with van der Waals surface area (Å²) in [5, 5.41) is 2.20. The molecule has 11 rings (SSSR count). The van der Waals surface area contributed by atoms with Crippen LogP contribution in [-0.2, 0) is 42.7 Å². The second-order valence-electron chi connectivity index (χ2n) is 22.7. The van der Waals surface area contributed by atoms with Gasteiger partial charge in [-0.3, -0.25) is 0 Å². The minimum absolute atomic E-state index is 0. The van der Waals surface area contributed by atoms with Crippen LogP contribution in [0.1, 0.15) is 103 Å². The first-order valence-corrected chi connectivity index (χ1v) is 25.5. The fraction of sp³-hybridized carbons (Fsp3) is 0.206. The van der Waals surface area contributed by atoms with Crippen LogP contribution >= 0.6 is 0 Å². The Bertz CT molecular complexity index is 3630. The maximum Gasteiger partial charge on any atom is 0.135 e. The van der Waals surface area contributed by atoms with Gasteiger partial charge in [-0.1, -0.05) is 196 Å². The summed E-state index contributed by atoms with van der Waals surface area (Å²) >= 11 is 0. The monoisotopic (exact) mass is 1150 g/mol. The van der Waals surface area contributed by atoms with Crippen LogP contribution < -0.4 is 14.5 Å².